The first-order valence-electron chi connectivity index (χ1n) is 4.64. The zero-order chi connectivity index (χ0) is 10.5. The van der Waals surface area contributed by atoms with Gasteiger partial charge in [-0.1, -0.05) is 77.4 Å². The molecule has 0 nitrogen and oxygen atoms in total. The molecule has 0 aliphatic heterocycles. The van der Waals surface area contributed by atoms with Crippen molar-refractivity contribution in [2.45, 2.75) is 48.2 Å². The van der Waals surface area contributed by atoms with Crippen molar-refractivity contribution in [2.75, 3.05) is 0 Å². The molecule has 0 heterocycles. The van der Waals surface area contributed by atoms with Gasteiger partial charge in [0.2, 0.25) is 0 Å². The Hall–Kier alpha value is 1.35. The van der Waals surface area contributed by atoms with Crippen LogP contribution in [0.4, 0.5) is 0 Å². The van der Waals surface area contributed by atoms with Crippen molar-refractivity contribution in [3.05, 3.63) is 0 Å². The van der Waals surface area contributed by atoms with E-state index in [2.05, 4.69) is 29.8 Å². The molecule has 0 bridgehead atoms. The molecule has 0 N–H and O–H groups in total. The van der Waals surface area contributed by atoms with E-state index in [0.29, 0.717) is 4.83 Å². The van der Waals surface area contributed by atoms with Crippen LogP contribution in [0.15, 0.2) is 0 Å². The van der Waals surface area contributed by atoms with Crippen molar-refractivity contribution in [1.29, 1.82) is 0 Å². The molecule has 0 amide bonds. The standard InChI is InChI=1S/C9H16BrCl3/c1-3-5-7(9(11,12)13)8(10)6-4-2/h7-8H,3-6H2,1-2H3/t7-,8-/m0/s1. The number of alkyl halides is 4. The van der Waals surface area contributed by atoms with E-state index in [1.807, 2.05) is 0 Å². The Balaban J connectivity index is 4.23. The zero-order valence-electron chi connectivity index (χ0n) is 7.99. The minimum absolute atomic E-state index is 0.113. The number of halogens is 4. The predicted octanol–water partition coefficient (Wildman–Crippen LogP) is 5.34. The van der Waals surface area contributed by atoms with Crippen molar-refractivity contribution >= 4 is 50.7 Å². The van der Waals surface area contributed by atoms with Crippen LogP contribution in [0, 0.1) is 5.92 Å². The lowest BCUT2D eigenvalue weighted by atomic mass is 9.98. The van der Waals surface area contributed by atoms with Crippen LogP contribution in [-0.2, 0) is 0 Å². The average Bonchev–Trinajstić information content (AvgIpc) is 1.98. The highest BCUT2D eigenvalue weighted by atomic mass is 79.9. The van der Waals surface area contributed by atoms with E-state index in [0.717, 1.165) is 25.7 Å². The van der Waals surface area contributed by atoms with E-state index < -0.39 is 3.79 Å². The maximum absolute atomic E-state index is 5.91. The summed E-state index contributed by atoms with van der Waals surface area (Å²) in [7, 11) is 0. The molecule has 13 heavy (non-hydrogen) atoms. The molecule has 0 aromatic heterocycles. The molecule has 0 aromatic carbocycles. The third-order valence-corrected chi connectivity index (χ3v) is 3.96. The van der Waals surface area contributed by atoms with Gasteiger partial charge < -0.3 is 0 Å². The van der Waals surface area contributed by atoms with Gasteiger partial charge in [-0.05, 0) is 12.8 Å². The van der Waals surface area contributed by atoms with Crippen molar-refractivity contribution < 1.29 is 0 Å². The van der Waals surface area contributed by atoms with Gasteiger partial charge in [0.25, 0.3) is 0 Å². The van der Waals surface area contributed by atoms with Gasteiger partial charge in [0.1, 0.15) is 0 Å². The van der Waals surface area contributed by atoms with Crippen molar-refractivity contribution in [3.63, 3.8) is 0 Å². The highest BCUT2D eigenvalue weighted by molar-refractivity contribution is 9.09. The third-order valence-electron chi connectivity index (χ3n) is 2.02. The molecule has 0 aliphatic carbocycles. The zero-order valence-corrected chi connectivity index (χ0v) is 11.8. The highest BCUT2D eigenvalue weighted by Crippen LogP contribution is 2.42. The summed E-state index contributed by atoms with van der Waals surface area (Å²) < 4.78 is -1.14. The minimum atomic E-state index is -1.14. The molecule has 0 unspecified atom stereocenters. The van der Waals surface area contributed by atoms with Crippen molar-refractivity contribution in [1.82, 2.24) is 0 Å². The van der Waals surface area contributed by atoms with Gasteiger partial charge in [-0.3, -0.25) is 0 Å². The van der Waals surface area contributed by atoms with Gasteiger partial charge in [0.15, 0.2) is 3.79 Å². The van der Waals surface area contributed by atoms with Gasteiger partial charge in [0.05, 0.1) is 0 Å². The first-order valence-corrected chi connectivity index (χ1v) is 6.69. The smallest absolute Gasteiger partial charge is 0.0886 e. The quantitative estimate of drug-likeness (QED) is 0.602. The van der Waals surface area contributed by atoms with Crippen LogP contribution >= 0.6 is 50.7 Å². The second-order valence-electron chi connectivity index (χ2n) is 3.24. The summed E-state index contributed by atoms with van der Waals surface area (Å²) >= 11 is 21.3. The van der Waals surface area contributed by atoms with Crippen LogP contribution in [0.25, 0.3) is 0 Å². The summed E-state index contributed by atoms with van der Waals surface area (Å²) in [6.45, 7) is 4.24. The Kier molecular flexibility index (Phi) is 7.47. The Morgan fingerprint density at radius 1 is 1.08 bits per heavy atom. The van der Waals surface area contributed by atoms with E-state index in [1.54, 1.807) is 0 Å². The number of hydrogen-bond donors (Lipinski definition) is 0. The molecule has 0 spiro atoms. The van der Waals surface area contributed by atoms with Crippen LogP contribution in [0.1, 0.15) is 39.5 Å². The fourth-order valence-electron chi connectivity index (χ4n) is 1.34. The predicted molar refractivity (Wildman–Crippen MR) is 66.3 cm³/mol. The summed E-state index contributed by atoms with van der Waals surface area (Å²) in [5, 5.41) is 0. The van der Waals surface area contributed by atoms with Gasteiger partial charge >= 0.3 is 0 Å². The summed E-state index contributed by atoms with van der Waals surface area (Å²) in [4.78, 5) is 0.310. The fourth-order valence-corrected chi connectivity index (χ4v) is 3.70. The normalized spacial score (nSPS) is 17.1. The second-order valence-corrected chi connectivity index (χ2v) is 6.79. The monoisotopic (exact) mass is 308 g/mol. The molecule has 0 saturated carbocycles. The van der Waals surface area contributed by atoms with Gasteiger partial charge in [-0.25, -0.2) is 0 Å². The first-order chi connectivity index (χ1) is 5.93. The lowest BCUT2D eigenvalue weighted by Gasteiger charge is -2.28. The Labute approximate surface area is 104 Å². The van der Waals surface area contributed by atoms with Gasteiger partial charge in [-0.2, -0.15) is 0 Å². The number of hydrogen-bond acceptors (Lipinski definition) is 0. The first kappa shape index (κ1) is 14.3. The molecule has 0 fully saturated rings. The highest BCUT2D eigenvalue weighted by Gasteiger charge is 2.36. The Bertz CT molecular complexity index is 133. The van der Waals surface area contributed by atoms with Crippen LogP contribution in [-0.4, -0.2) is 8.62 Å². The van der Waals surface area contributed by atoms with Crippen molar-refractivity contribution in [3.8, 4) is 0 Å². The average molecular weight is 310 g/mol. The summed E-state index contributed by atoms with van der Waals surface area (Å²) in [5.41, 5.74) is 0. The van der Waals surface area contributed by atoms with Crippen LogP contribution in [0.5, 0.6) is 0 Å². The maximum atomic E-state index is 5.91. The Morgan fingerprint density at radius 2 is 1.54 bits per heavy atom. The number of rotatable bonds is 5. The largest absolute Gasteiger partial charge is 0.194 e. The molecule has 0 rings (SSSR count). The van der Waals surface area contributed by atoms with Gasteiger partial charge in [0, 0.05) is 10.7 Å². The summed E-state index contributed by atoms with van der Waals surface area (Å²) in [6.07, 6.45) is 4.16. The van der Waals surface area contributed by atoms with Crippen LogP contribution < -0.4 is 0 Å². The third kappa shape index (κ3) is 5.71. The Morgan fingerprint density at radius 3 is 1.85 bits per heavy atom. The van der Waals surface area contributed by atoms with E-state index in [-0.39, 0.29) is 5.92 Å². The minimum Gasteiger partial charge on any atom is -0.0886 e. The van der Waals surface area contributed by atoms with E-state index in [4.69, 9.17) is 34.8 Å². The molecule has 0 aromatic rings. The molecule has 80 valence electrons. The summed E-state index contributed by atoms with van der Waals surface area (Å²) in [6, 6.07) is 0. The lowest BCUT2D eigenvalue weighted by Crippen LogP contribution is -2.28. The molecule has 4 heteroatoms. The SMILES string of the molecule is CCC[C@H](Br)[C@H](CCC)C(Cl)(Cl)Cl. The van der Waals surface area contributed by atoms with E-state index in [1.165, 1.54) is 0 Å². The van der Waals surface area contributed by atoms with Crippen LogP contribution in [0.2, 0.25) is 0 Å². The molecule has 0 aliphatic rings. The topological polar surface area (TPSA) is 0 Å². The second kappa shape index (κ2) is 6.76. The van der Waals surface area contributed by atoms with Gasteiger partial charge in [-0.15, -0.1) is 0 Å². The van der Waals surface area contributed by atoms with Crippen LogP contribution in [0.3, 0.4) is 0 Å². The maximum Gasteiger partial charge on any atom is 0.194 e. The van der Waals surface area contributed by atoms with Crippen molar-refractivity contribution in [2.24, 2.45) is 5.92 Å². The molecular weight excluding hydrogens is 294 g/mol. The lowest BCUT2D eigenvalue weighted by molar-refractivity contribution is 0.454. The molecule has 2 atom stereocenters. The molecule has 0 saturated heterocycles. The van der Waals surface area contributed by atoms with E-state index >= 15 is 0 Å². The fraction of sp³-hybridized carbons (Fsp3) is 1.00. The summed E-state index contributed by atoms with van der Waals surface area (Å²) in [5.74, 6) is 0.113. The molecular formula is C9H16BrCl3. The molecule has 0 radical (unpaired) electrons. The van der Waals surface area contributed by atoms with E-state index in [9.17, 15) is 0 Å².